The average molecular weight is 526 g/mol. The number of esters is 1. The van der Waals surface area contributed by atoms with Crippen molar-refractivity contribution < 1.29 is 63.1 Å². The van der Waals surface area contributed by atoms with Gasteiger partial charge in [-0.2, -0.15) is 0 Å². The lowest BCUT2D eigenvalue weighted by Crippen LogP contribution is -2.60. The standard InChI is InChI=1S/C24H30O13/c1-30-13-6-11(7-14(31-2)18(13)25)23(29)35-10-17-19(26)20(27)21(28)24(37-17)36-12-8-15(32-3)22(34-5)16(9-12)33-4/h6-9,17,19-21,24-28H,10H2,1-5H3/t17-,19-,20+,21-,24-/m1/s1. The molecule has 0 saturated carbocycles. The molecule has 5 atom stereocenters. The Kier molecular flexibility index (Phi) is 9.10. The molecule has 1 aliphatic heterocycles. The number of methoxy groups -OCH3 is 5. The Morgan fingerprint density at radius 3 is 1.81 bits per heavy atom. The van der Waals surface area contributed by atoms with E-state index in [4.69, 9.17) is 37.9 Å². The lowest BCUT2D eigenvalue weighted by molar-refractivity contribution is -0.277. The minimum atomic E-state index is -1.68. The molecule has 1 aliphatic rings. The monoisotopic (exact) mass is 526 g/mol. The van der Waals surface area contributed by atoms with Gasteiger partial charge in [-0.15, -0.1) is 0 Å². The number of phenols is 1. The van der Waals surface area contributed by atoms with E-state index in [1.54, 1.807) is 0 Å². The van der Waals surface area contributed by atoms with Gasteiger partial charge in [0.15, 0.2) is 23.0 Å². The summed E-state index contributed by atoms with van der Waals surface area (Å²) in [7, 11) is 6.86. The summed E-state index contributed by atoms with van der Waals surface area (Å²) in [4.78, 5) is 12.6. The molecule has 1 heterocycles. The largest absolute Gasteiger partial charge is 0.502 e. The maximum atomic E-state index is 12.6. The Labute approximate surface area is 212 Å². The van der Waals surface area contributed by atoms with Crippen LogP contribution in [0.25, 0.3) is 0 Å². The summed E-state index contributed by atoms with van der Waals surface area (Å²) >= 11 is 0. The van der Waals surface area contributed by atoms with Gasteiger partial charge in [0.2, 0.25) is 17.8 Å². The summed E-state index contributed by atoms with van der Waals surface area (Å²) in [6.45, 7) is -0.510. The number of aliphatic hydroxyl groups excluding tert-OH is 3. The van der Waals surface area contributed by atoms with E-state index in [0.717, 1.165) is 0 Å². The van der Waals surface area contributed by atoms with Crippen molar-refractivity contribution in [1.29, 1.82) is 0 Å². The minimum absolute atomic E-state index is 0.0115. The zero-order chi connectivity index (χ0) is 27.3. The normalized spacial score (nSPS) is 23.1. The van der Waals surface area contributed by atoms with Gasteiger partial charge in [0.25, 0.3) is 0 Å². The Hall–Kier alpha value is -3.65. The smallest absolute Gasteiger partial charge is 0.338 e. The quantitative estimate of drug-likeness (QED) is 0.315. The van der Waals surface area contributed by atoms with E-state index in [0.29, 0.717) is 5.75 Å². The van der Waals surface area contributed by atoms with Crippen LogP contribution < -0.4 is 28.4 Å². The number of phenolic OH excluding ortho intramolecular Hbond substituents is 1. The van der Waals surface area contributed by atoms with Crippen LogP contribution in [0.2, 0.25) is 0 Å². The van der Waals surface area contributed by atoms with Gasteiger partial charge in [0.1, 0.15) is 36.8 Å². The second-order valence-corrected chi connectivity index (χ2v) is 7.82. The molecule has 4 N–H and O–H groups in total. The van der Waals surface area contributed by atoms with Crippen LogP contribution in [0.4, 0.5) is 0 Å². The average Bonchev–Trinajstić information content (AvgIpc) is 2.91. The third-order valence-corrected chi connectivity index (χ3v) is 5.65. The lowest BCUT2D eigenvalue weighted by atomic mass is 9.99. The topological polar surface area (TPSA) is 172 Å². The van der Waals surface area contributed by atoms with E-state index in [1.165, 1.54) is 59.8 Å². The van der Waals surface area contributed by atoms with Gasteiger partial charge in [-0.3, -0.25) is 0 Å². The maximum Gasteiger partial charge on any atom is 0.338 e. The molecule has 3 rings (SSSR count). The van der Waals surface area contributed by atoms with E-state index >= 15 is 0 Å². The van der Waals surface area contributed by atoms with E-state index in [1.807, 2.05) is 0 Å². The molecule has 0 radical (unpaired) electrons. The first-order valence-electron chi connectivity index (χ1n) is 11.0. The third-order valence-electron chi connectivity index (χ3n) is 5.65. The van der Waals surface area contributed by atoms with E-state index in [9.17, 15) is 25.2 Å². The number of aromatic hydroxyl groups is 1. The summed E-state index contributed by atoms with van der Waals surface area (Å²) in [6, 6.07) is 5.39. The molecule has 204 valence electrons. The zero-order valence-corrected chi connectivity index (χ0v) is 20.9. The molecule has 13 nitrogen and oxygen atoms in total. The molecule has 0 aliphatic carbocycles. The number of aliphatic hydroxyl groups is 3. The molecular formula is C24H30O13. The fourth-order valence-electron chi connectivity index (χ4n) is 3.66. The minimum Gasteiger partial charge on any atom is -0.502 e. The number of carbonyl (C=O) groups excluding carboxylic acids is 1. The van der Waals surface area contributed by atoms with Crippen LogP contribution >= 0.6 is 0 Å². The van der Waals surface area contributed by atoms with Crippen molar-refractivity contribution in [3.8, 4) is 40.2 Å². The number of ether oxygens (including phenoxy) is 8. The van der Waals surface area contributed by atoms with Crippen LogP contribution in [0.3, 0.4) is 0 Å². The maximum absolute atomic E-state index is 12.6. The Balaban J connectivity index is 1.76. The number of hydrogen-bond acceptors (Lipinski definition) is 13. The van der Waals surface area contributed by atoms with Gasteiger partial charge in [-0.25, -0.2) is 4.79 Å². The van der Waals surface area contributed by atoms with Crippen molar-refractivity contribution in [1.82, 2.24) is 0 Å². The molecule has 0 aromatic heterocycles. The van der Waals surface area contributed by atoms with Crippen LogP contribution in [0.5, 0.6) is 40.2 Å². The number of hydrogen-bond donors (Lipinski definition) is 4. The molecule has 1 fully saturated rings. The van der Waals surface area contributed by atoms with Gasteiger partial charge < -0.3 is 58.3 Å². The van der Waals surface area contributed by atoms with Gasteiger partial charge in [0, 0.05) is 12.1 Å². The van der Waals surface area contributed by atoms with Gasteiger partial charge >= 0.3 is 5.97 Å². The number of carbonyl (C=O) groups is 1. The zero-order valence-electron chi connectivity index (χ0n) is 20.9. The second-order valence-electron chi connectivity index (χ2n) is 7.82. The van der Waals surface area contributed by atoms with Crippen LogP contribution in [-0.4, -0.2) is 99.3 Å². The van der Waals surface area contributed by atoms with Crippen molar-refractivity contribution in [3.05, 3.63) is 29.8 Å². The van der Waals surface area contributed by atoms with E-state index in [2.05, 4.69) is 0 Å². The second kappa shape index (κ2) is 12.1. The van der Waals surface area contributed by atoms with Crippen LogP contribution in [-0.2, 0) is 9.47 Å². The summed E-state index contributed by atoms with van der Waals surface area (Å²) < 4.78 is 42.4. The van der Waals surface area contributed by atoms with Crippen LogP contribution in [0.15, 0.2) is 24.3 Å². The van der Waals surface area contributed by atoms with Gasteiger partial charge in [-0.1, -0.05) is 0 Å². The molecule has 1 saturated heterocycles. The predicted molar refractivity (Wildman–Crippen MR) is 125 cm³/mol. The first kappa shape index (κ1) is 27.9. The highest BCUT2D eigenvalue weighted by Gasteiger charge is 2.45. The molecular weight excluding hydrogens is 496 g/mol. The third kappa shape index (κ3) is 5.85. The molecule has 0 amide bonds. The van der Waals surface area contributed by atoms with Crippen molar-refractivity contribution in [2.75, 3.05) is 42.2 Å². The van der Waals surface area contributed by atoms with Crippen molar-refractivity contribution in [2.45, 2.75) is 30.7 Å². The van der Waals surface area contributed by atoms with Gasteiger partial charge in [0.05, 0.1) is 41.1 Å². The molecule has 2 aromatic rings. The SMILES string of the molecule is COc1cc(C(=O)OC[C@H]2O[C@@H](Oc3cc(OC)c(OC)c(OC)c3)[C@H](O)[C@@H](O)[C@@H]2O)cc(OC)c1O. The summed E-state index contributed by atoms with van der Waals surface area (Å²) in [5.41, 5.74) is -0.0115. The summed E-state index contributed by atoms with van der Waals surface area (Å²) in [6.07, 6.45) is -7.66. The summed E-state index contributed by atoms with van der Waals surface area (Å²) in [5, 5.41) is 41.2. The molecule has 0 bridgehead atoms. The molecule has 0 unspecified atom stereocenters. The van der Waals surface area contributed by atoms with E-state index < -0.39 is 43.3 Å². The van der Waals surface area contributed by atoms with Crippen molar-refractivity contribution >= 4 is 5.97 Å². The number of rotatable bonds is 10. The van der Waals surface area contributed by atoms with Crippen molar-refractivity contribution in [2.24, 2.45) is 0 Å². The molecule has 0 spiro atoms. The molecule has 37 heavy (non-hydrogen) atoms. The fourth-order valence-corrected chi connectivity index (χ4v) is 3.66. The summed E-state index contributed by atoms with van der Waals surface area (Å²) in [5.74, 6) is -0.186. The Morgan fingerprint density at radius 1 is 0.784 bits per heavy atom. The highest BCUT2D eigenvalue weighted by atomic mass is 16.7. The molecule has 13 heteroatoms. The Morgan fingerprint density at radius 2 is 1.32 bits per heavy atom. The van der Waals surface area contributed by atoms with Crippen molar-refractivity contribution in [3.63, 3.8) is 0 Å². The van der Waals surface area contributed by atoms with E-state index in [-0.39, 0.29) is 40.1 Å². The van der Waals surface area contributed by atoms with Crippen LogP contribution in [0, 0.1) is 0 Å². The highest BCUT2D eigenvalue weighted by Crippen LogP contribution is 2.41. The number of benzene rings is 2. The highest BCUT2D eigenvalue weighted by molar-refractivity contribution is 5.91. The molecule has 2 aromatic carbocycles. The lowest BCUT2D eigenvalue weighted by Gasteiger charge is -2.40. The van der Waals surface area contributed by atoms with Gasteiger partial charge in [-0.05, 0) is 12.1 Å². The predicted octanol–water partition coefficient (Wildman–Crippen LogP) is 0.479. The fraction of sp³-hybridized carbons (Fsp3) is 0.458. The Bertz CT molecular complexity index is 1040. The first-order valence-corrected chi connectivity index (χ1v) is 11.0. The van der Waals surface area contributed by atoms with Crippen LogP contribution in [0.1, 0.15) is 10.4 Å². The first-order chi connectivity index (χ1) is 17.7.